The van der Waals surface area contributed by atoms with Gasteiger partial charge < -0.3 is 4.74 Å². The lowest BCUT2D eigenvalue weighted by molar-refractivity contribution is -0.703. The number of hydrogen-bond acceptors (Lipinski definition) is 1. The first-order valence-corrected chi connectivity index (χ1v) is 5.02. The van der Waals surface area contributed by atoms with Gasteiger partial charge >= 0.3 is 0 Å². The van der Waals surface area contributed by atoms with Crippen LogP contribution in [0.5, 0.6) is 0 Å². The second-order valence-electron chi connectivity index (χ2n) is 3.05. The number of rotatable bonds is 6. The summed E-state index contributed by atoms with van der Waals surface area (Å²) in [6, 6.07) is 0. The molecule has 1 N–H and O–H groups in total. The van der Waals surface area contributed by atoms with Gasteiger partial charge in [-0.05, 0) is 13.3 Å². The molecule has 3 nitrogen and oxygen atoms in total. The summed E-state index contributed by atoms with van der Waals surface area (Å²) in [6.07, 6.45) is 6.21. The molecule has 0 bridgehead atoms. The third-order valence-corrected chi connectivity index (χ3v) is 2.00. The van der Waals surface area contributed by atoms with E-state index in [0.29, 0.717) is 0 Å². The van der Waals surface area contributed by atoms with E-state index in [0.717, 1.165) is 26.2 Å². The van der Waals surface area contributed by atoms with Gasteiger partial charge in [0.1, 0.15) is 12.4 Å². The molecule has 1 aromatic rings. The lowest BCUT2D eigenvalue weighted by Crippen LogP contribution is -2.36. The van der Waals surface area contributed by atoms with Crippen LogP contribution in [0.2, 0.25) is 0 Å². The summed E-state index contributed by atoms with van der Waals surface area (Å²) >= 11 is 0. The van der Waals surface area contributed by atoms with Crippen LogP contribution >= 0.6 is 0 Å². The SMILES string of the molecule is CCC[n+]1cc[nH]c1CCOCC. The van der Waals surface area contributed by atoms with Crippen LogP contribution in [0.4, 0.5) is 0 Å². The second-order valence-corrected chi connectivity index (χ2v) is 3.05. The number of aromatic amines is 1. The number of nitrogens with zero attached hydrogens (tertiary/aromatic N) is 1. The van der Waals surface area contributed by atoms with Crippen molar-refractivity contribution in [2.24, 2.45) is 0 Å². The van der Waals surface area contributed by atoms with Gasteiger partial charge in [0.15, 0.2) is 0 Å². The quantitative estimate of drug-likeness (QED) is 0.522. The molecule has 13 heavy (non-hydrogen) atoms. The average Bonchev–Trinajstić information content (AvgIpc) is 2.54. The molecular formula is C10H19N2O+. The zero-order valence-electron chi connectivity index (χ0n) is 8.55. The third-order valence-electron chi connectivity index (χ3n) is 2.00. The Balaban J connectivity index is 2.40. The predicted octanol–water partition coefficient (Wildman–Crippen LogP) is 1.29. The van der Waals surface area contributed by atoms with E-state index in [9.17, 15) is 0 Å². The van der Waals surface area contributed by atoms with Crippen LogP contribution in [-0.2, 0) is 17.7 Å². The van der Waals surface area contributed by atoms with Crippen molar-refractivity contribution in [3.63, 3.8) is 0 Å². The number of aromatic nitrogens is 2. The van der Waals surface area contributed by atoms with Crippen molar-refractivity contribution in [1.82, 2.24) is 4.98 Å². The Kier molecular flexibility index (Phi) is 4.54. The van der Waals surface area contributed by atoms with E-state index < -0.39 is 0 Å². The van der Waals surface area contributed by atoms with Crippen molar-refractivity contribution in [3.8, 4) is 0 Å². The summed E-state index contributed by atoms with van der Waals surface area (Å²) in [6.45, 7) is 6.90. The molecule has 0 saturated carbocycles. The van der Waals surface area contributed by atoms with E-state index in [4.69, 9.17) is 4.74 Å². The molecule has 0 aliphatic rings. The van der Waals surface area contributed by atoms with Gasteiger partial charge in [-0.1, -0.05) is 6.92 Å². The topological polar surface area (TPSA) is 28.9 Å². The largest absolute Gasteiger partial charge is 0.381 e. The highest BCUT2D eigenvalue weighted by atomic mass is 16.5. The van der Waals surface area contributed by atoms with E-state index in [-0.39, 0.29) is 0 Å². The second kappa shape index (κ2) is 5.75. The molecule has 3 heteroatoms. The van der Waals surface area contributed by atoms with Crippen molar-refractivity contribution in [1.29, 1.82) is 0 Å². The fourth-order valence-corrected chi connectivity index (χ4v) is 1.38. The highest BCUT2D eigenvalue weighted by Crippen LogP contribution is 1.90. The molecule has 0 amide bonds. The summed E-state index contributed by atoms with van der Waals surface area (Å²) in [5.41, 5.74) is 0. The van der Waals surface area contributed by atoms with Crippen molar-refractivity contribution >= 4 is 0 Å². The molecule has 0 aliphatic carbocycles. The van der Waals surface area contributed by atoms with Crippen LogP contribution in [0.1, 0.15) is 26.1 Å². The van der Waals surface area contributed by atoms with Gasteiger partial charge in [-0.25, -0.2) is 9.55 Å². The van der Waals surface area contributed by atoms with Gasteiger partial charge in [-0.2, -0.15) is 0 Å². The minimum atomic E-state index is 0.800. The normalized spacial score (nSPS) is 10.6. The van der Waals surface area contributed by atoms with Crippen molar-refractivity contribution in [2.45, 2.75) is 33.2 Å². The number of ether oxygens (including phenoxy) is 1. The summed E-state index contributed by atoms with van der Waals surface area (Å²) in [4.78, 5) is 3.23. The van der Waals surface area contributed by atoms with Gasteiger partial charge in [-0.15, -0.1) is 0 Å². The summed E-state index contributed by atoms with van der Waals surface area (Å²) in [7, 11) is 0. The minimum absolute atomic E-state index is 0.800. The van der Waals surface area contributed by atoms with Crippen LogP contribution in [-0.4, -0.2) is 18.2 Å². The Bertz CT molecular complexity index is 233. The molecule has 0 aromatic carbocycles. The molecule has 1 aromatic heterocycles. The lowest BCUT2D eigenvalue weighted by atomic mass is 10.4. The Labute approximate surface area is 79.7 Å². The smallest absolute Gasteiger partial charge is 0.256 e. The Morgan fingerprint density at radius 3 is 3.00 bits per heavy atom. The number of hydrogen-bond donors (Lipinski definition) is 1. The van der Waals surface area contributed by atoms with Gasteiger partial charge in [0, 0.05) is 6.61 Å². The van der Waals surface area contributed by atoms with Crippen molar-refractivity contribution < 1.29 is 9.30 Å². The molecule has 1 heterocycles. The number of nitrogens with one attached hydrogen (secondary N) is 1. The van der Waals surface area contributed by atoms with Crippen LogP contribution in [0, 0.1) is 0 Å². The van der Waals surface area contributed by atoms with E-state index in [1.54, 1.807) is 0 Å². The standard InChI is InChI=1S/C10H18N2O/c1-3-7-12-8-6-11-10(12)5-9-13-4-2/h6,8H,3-5,7,9H2,1-2H3/p+1. The van der Waals surface area contributed by atoms with Gasteiger partial charge in [0.2, 0.25) is 0 Å². The fourth-order valence-electron chi connectivity index (χ4n) is 1.38. The minimum Gasteiger partial charge on any atom is -0.381 e. The Hall–Kier alpha value is -0.830. The van der Waals surface area contributed by atoms with Gasteiger partial charge in [-0.3, -0.25) is 0 Å². The van der Waals surface area contributed by atoms with Crippen LogP contribution in [0.15, 0.2) is 12.4 Å². The maximum absolute atomic E-state index is 5.31. The fraction of sp³-hybridized carbons (Fsp3) is 0.700. The third kappa shape index (κ3) is 3.19. The molecule has 0 atom stereocenters. The highest BCUT2D eigenvalue weighted by molar-refractivity contribution is 4.77. The first kappa shape index (κ1) is 10.3. The Morgan fingerprint density at radius 2 is 2.31 bits per heavy atom. The average molecular weight is 183 g/mol. The number of H-pyrrole nitrogens is 1. The zero-order valence-corrected chi connectivity index (χ0v) is 8.55. The lowest BCUT2D eigenvalue weighted by Gasteiger charge is -1.99. The molecule has 74 valence electrons. The molecule has 0 aliphatic heterocycles. The summed E-state index contributed by atoms with van der Waals surface area (Å²) in [5, 5.41) is 0. The maximum Gasteiger partial charge on any atom is 0.256 e. The van der Waals surface area contributed by atoms with E-state index in [1.807, 2.05) is 13.1 Å². The predicted molar refractivity (Wildman–Crippen MR) is 51.5 cm³/mol. The number of imidazole rings is 1. The first-order valence-electron chi connectivity index (χ1n) is 5.02. The van der Waals surface area contributed by atoms with Crippen LogP contribution < -0.4 is 4.57 Å². The number of aryl methyl sites for hydroxylation is 1. The molecule has 0 spiro atoms. The molecule has 0 saturated heterocycles. The highest BCUT2D eigenvalue weighted by Gasteiger charge is 2.08. The summed E-state index contributed by atoms with van der Waals surface area (Å²) in [5.74, 6) is 1.26. The van der Waals surface area contributed by atoms with E-state index in [1.165, 1.54) is 12.2 Å². The molecule has 1 rings (SSSR count). The Morgan fingerprint density at radius 1 is 1.46 bits per heavy atom. The van der Waals surface area contributed by atoms with Crippen LogP contribution in [0.25, 0.3) is 0 Å². The molecule has 0 fully saturated rings. The zero-order chi connectivity index (χ0) is 9.52. The van der Waals surface area contributed by atoms with Gasteiger partial charge in [0.25, 0.3) is 5.82 Å². The molecule has 0 unspecified atom stereocenters. The molecule has 0 radical (unpaired) electrons. The van der Waals surface area contributed by atoms with E-state index >= 15 is 0 Å². The maximum atomic E-state index is 5.31. The monoisotopic (exact) mass is 183 g/mol. The first-order chi connectivity index (χ1) is 6.38. The summed E-state index contributed by atoms with van der Waals surface area (Å²) < 4.78 is 7.56. The molecular weight excluding hydrogens is 164 g/mol. The van der Waals surface area contributed by atoms with Gasteiger partial charge in [0.05, 0.1) is 19.6 Å². The van der Waals surface area contributed by atoms with E-state index in [2.05, 4.69) is 22.7 Å². The van der Waals surface area contributed by atoms with Crippen LogP contribution in [0.3, 0.4) is 0 Å². The van der Waals surface area contributed by atoms with Crippen molar-refractivity contribution in [3.05, 3.63) is 18.2 Å². The van der Waals surface area contributed by atoms with Crippen molar-refractivity contribution in [2.75, 3.05) is 13.2 Å².